The van der Waals surface area contributed by atoms with E-state index in [0.29, 0.717) is 43.2 Å². The van der Waals surface area contributed by atoms with Crippen molar-refractivity contribution in [3.8, 4) is 5.75 Å². The van der Waals surface area contributed by atoms with E-state index in [4.69, 9.17) is 9.73 Å². The van der Waals surface area contributed by atoms with Crippen LogP contribution >= 0.6 is 0 Å². The molecule has 4 unspecified atom stereocenters. The molecule has 204 valence electrons. The van der Waals surface area contributed by atoms with Crippen LogP contribution in [0.1, 0.15) is 33.6 Å². The molecule has 38 heavy (non-hydrogen) atoms. The zero-order valence-electron chi connectivity index (χ0n) is 22.1. The molecule has 0 aliphatic carbocycles. The first-order valence-corrected chi connectivity index (χ1v) is 13.1. The molecule has 3 aromatic rings. The lowest BCUT2D eigenvalue weighted by atomic mass is 9.80. The SMILES string of the molecule is CCN(CO)CCOc1ccc2c(NC3=NC(C)C(C)C(CC(O)Nc4cccc(F)c4)C3)ncnc2c1. The maximum atomic E-state index is 13.5. The third kappa shape index (κ3) is 7.15. The Hall–Kier alpha value is -3.34. The zero-order chi connectivity index (χ0) is 27.1. The van der Waals surface area contributed by atoms with E-state index in [0.717, 1.165) is 23.3 Å². The molecule has 1 aliphatic rings. The lowest BCUT2D eigenvalue weighted by molar-refractivity contribution is 0.0969. The number of aliphatic hydroxyl groups excluding tert-OH is 2. The van der Waals surface area contributed by atoms with Gasteiger partial charge in [0.15, 0.2) is 0 Å². The second kappa shape index (κ2) is 12.9. The lowest BCUT2D eigenvalue weighted by Crippen LogP contribution is -2.36. The minimum atomic E-state index is -0.809. The first-order valence-electron chi connectivity index (χ1n) is 13.1. The Morgan fingerprint density at radius 1 is 1.18 bits per heavy atom. The molecule has 0 spiro atoms. The number of hydrogen-bond acceptors (Lipinski definition) is 9. The largest absolute Gasteiger partial charge is 0.492 e. The summed E-state index contributed by atoms with van der Waals surface area (Å²) in [5.74, 6) is 2.25. The average molecular weight is 525 g/mol. The van der Waals surface area contributed by atoms with E-state index in [9.17, 15) is 14.6 Å². The number of likely N-dealkylation sites (N-methyl/N-ethyl adjacent to an activating group) is 1. The van der Waals surface area contributed by atoms with Crippen LogP contribution in [0.25, 0.3) is 10.9 Å². The molecule has 4 atom stereocenters. The molecule has 2 aromatic carbocycles. The van der Waals surface area contributed by atoms with Crippen LogP contribution in [0, 0.1) is 17.7 Å². The molecule has 4 N–H and O–H groups in total. The van der Waals surface area contributed by atoms with Gasteiger partial charge in [0.25, 0.3) is 0 Å². The van der Waals surface area contributed by atoms with Gasteiger partial charge in [-0.05, 0) is 62.1 Å². The third-order valence-electron chi connectivity index (χ3n) is 7.20. The lowest BCUT2D eigenvalue weighted by Gasteiger charge is -2.34. The van der Waals surface area contributed by atoms with Crippen molar-refractivity contribution in [2.45, 2.75) is 45.9 Å². The Morgan fingerprint density at radius 2 is 2.03 bits per heavy atom. The molecule has 0 saturated carbocycles. The highest BCUT2D eigenvalue weighted by atomic mass is 19.1. The van der Waals surface area contributed by atoms with Gasteiger partial charge in [0, 0.05) is 30.1 Å². The first-order chi connectivity index (χ1) is 18.4. The average Bonchev–Trinajstić information content (AvgIpc) is 2.89. The van der Waals surface area contributed by atoms with E-state index in [1.165, 1.54) is 18.5 Å². The van der Waals surface area contributed by atoms with Gasteiger partial charge in [0.1, 0.15) is 42.4 Å². The number of aliphatic imine (C=N–C) groups is 1. The zero-order valence-corrected chi connectivity index (χ0v) is 22.1. The normalized spacial score (nSPS) is 20.3. The topological polar surface area (TPSA) is 115 Å². The number of aliphatic hydroxyl groups is 2. The van der Waals surface area contributed by atoms with Crippen LogP contribution in [0.5, 0.6) is 5.75 Å². The summed E-state index contributed by atoms with van der Waals surface area (Å²) >= 11 is 0. The summed E-state index contributed by atoms with van der Waals surface area (Å²) in [7, 11) is 0. The molecule has 0 bridgehead atoms. The van der Waals surface area contributed by atoms with Crippen molar-refractivity contribution in [3.05, 3.63) is 54.6 Å². The van der Waals surface area contributed by atoms with Gasteiger partial charge in [0.2, 0.25) is 0 Å². The molecule has 0 amide bonds. The molecule has 1 aliphatic heterocycles. The molecule has 1 aromatic heterocycles. The standard InChI is InChI=1S/C28H37FN6O3/c1-4-35(17-36)10-11-38-23-8-9-24-25(15-23)30-16-31-28(24)34-26-12-20(18(2)19(3)32-26)13-27(37)33-22-7-5-6-21(29)14-22/h5-9,14-16,18-20,27,33,36-37H,4,10-13,17H2,1-3H3,(H,30,31,32,34). The third-order valence-corrected chi connectivity index (χ3v) is 7.20. The van der Waals surface area contributed by atoms with Crippen LogP contribution in [0.2, 0.25) is 0 Å². The van der Waals surface area contributed by atoms with Crippen LogP contribution in [0.4, 0.5) is 15.9 Å². The second-order valence-corrected chi connectivity index (χ2v) is 9.77. The number of nitrogens with one attached hydrogen (secondary N) is 2. The minimum Gasteiger partial charge on any atom is -0.492 e. The van der Waals surface area contributed by atoms with Crippen molar-refractivity contribution >= 4 is 28.2 Å². The number of hydrogen-bond donors (Lipinski definition) is 4. The van der Waals surface area contributed by atoms with Crippen LogP contribution in [0.3, 0.4) is 0 Å². The molecule has 4 rings (SSSR count). The fourth-order valence-corrected chi connectivity index (χ4v) is 4.73. The summed E-state index contributed by atoms with van der Waals surface area (Å²) in [6, 6.07) is 11.8. The number of halogens is 1. The van der Waals surface area contributed by atoms with Crippen molar-refractivity contribution in [1.82, 2.24) is 14.9 Å². The van der Waals surface area contributed by atoms with Gasteiger partial charge in [-0.25, -0.2) is 14.4 Å². The van der Waals surface area contributed by atoms with Crippen LogP contribution in [0.15, 0.2) is 53.8 Å². The van der Waals surface area contributed by atoms with E-state index >= 15 is 0 Å². The molecular weight excluding hydrogens is 487 g/mol. The van der Waals surface area contributed by atoms with Gasteiger partial charge in [-0.1, -0.05) is 19.9 Å². The van der Waals surface area contributed by atoms with Crippen molar-refractivity contribution in [2.75, 3.05) is 37.1 Å². The predicted molar refractivity (Wildman–Crippen MR) is 148 cm³/mol. The molecule has 2 heterocycles. The maximum Gasteiger partial charge on any atom is 0.142 e. The van der Waals surface area contributed by atoms with E-state index < -0.39 is 6.23 Å². The summed E-state index contributed by atoms with van der Waals surface area (Å²) < 4.78 is 19.4. The molecule has 10 heteroatoms. The van der Waals surface area contributed by atoms with E-state index in [2.05, 4.69) is 34.4 Å². The number of benzene rings is 2. The van der Waals surface area contributed by atoms with E-state index in [1.807, 2.05) is 30.0 Å². The molecule has 9 nitrogen and oxygen atoms in total. The highest BCUT2D eigenvalue weighted by Crippen LogP contribution is 2.32. The second-order valence-electron chi connectivity index (χ2n) is 9.77. The number of aromatic nitrogens is 2. The Labute approximate surface area is 222 Å². The van der Waals surface area contributed by atoms with E-state index in [-0.39, 0.29) is 30.4 Å². The number of anilines is 2. The summed E-state index contributed by atoms with van der Waals surface area (Å²) in [4.78, 5) is 15.6. The van der Waals surface area contributed by atoms with E-state index in [1.54, 1.807) is 12.1 Å². The fraction of sp³-hybridized carbons (Fsp3) is 0.464. The molecular formula is C28H37FN6O3. The maximum absolute atomic E-state index is 13.5. The van der Waals surface area contributed by atoms with Gasteiger partial charge < -0.3 is 25.6 Å². The Bertz CT molecular complexity index is 1240. The quantitative estimate of drug-likeness (QED) is 0.277. The van der Waals surface area contributed by atoms with Crippen LogP contribution in [-0.4, -0.2) is 69.6 Å². The fourth-order valence-electron chi connectivity index (χ4n) is 4.73. The van der Waals surface area contributed by atoms with Gasteiger partial charge in [0.05, 0.1) is 18.3 Å². The number of amidine groups is 1. The summed E-state index contributed by atoms with van der Waals surface area (Å²) in [6.07, 6.45) is 1.85. The van der Waals surface area contributed by atoms with Crippen LogP contribution in [-0.2, 0) is 0 Å². The summed E-state index contributed by atoms with van der Waals surface area (Å²) in [5, 5.41) is 27.2. The minimum absolute atomic E-state index is 0.00442. The monoisotopic (exact) mass is 524 g/mol. The molecule has 0 saturated heterocycles. The Balaban J connectivity index is 1.41. The Kier molecular flexibility index (Phi) is 9.43. The Morgan fingerprint density at radius 3 is 2.79 bits per heavy atom. The first kappa shape index (κ1) is 27.7. The van der Waals surface area contributed by atoms with Crippen molar-refractivity contribution < 1.29 is 19.3 Å². The predicted octanol–water partition coefficient (Wildman–Crippen LogP) is 4.09. The number of fused-ring (bicyclic) bond motifs is 1. The smallest absolute Gasteiger partial charge is 0.142 e. The van der Waals surface area contributed by atoms with Crippen LogP contribution < -0.4 is 15.4 Å². The highest BCUT2D eigenvalue weighted by Gasteiger charge is 2.31. The summed E-state index contributed by atoms with van der Waals surface area (Å²) in [5.41, 5.74) is 1.30. The molecule has 0 radical (unpaired) electrons. The molecule has 0 fully saturated rings. The summed E-state index contributed by atoms with van der Waals surface area (Å²) in [6.45, 7) is 8.06. The van der Waals surface area contributed by atoms with Gasteiger partial charge in [-0.2, -0.15) is 0 Å². The van der Waals surface area contributed by atoms with Crippen molar-refractivity contribution in [1.29, 1.82) is 0 Å². The number of rotatable bonds is 11. The van der Waals surface area contributed by atoms with Gasteiger partial charge >= 0.3 is 0 Å². The van der Waals surface area contributed by atoms with Crippen molar-refractivity contribution in [2.24, 2.45) is 16.8 Å². The number of ether oxygens (including phenoxy) is 1. The van der Waals surface area contributed by atoms with Gasteiger partial charge in [-0.3, -0.25) is 9.89 Å². The van der Waals surface area contributed by atoms with Crippen molar-refractivity contribution in [3.63, 3.8) is 0 Å². The van der Waals surface area contributed by atoms with Gasteiger partial charge in [-0.15, -0.1) is 0 Å². The number of nitrogens with zero attached hydrogens (tertiary/aromatic N) is 4. The highest BCUT2D eigenvalue weighted by molar-refractivity contribution is 6.02.